The van der Waals surface area contributed by atoms with E-state index in [9.17, 15) is 4.79 Å². The molecule has 0 bridgehead atoms. The number of amides is 1. The molecule has 2 aromatic carbocycles. The van der Waals surface area contributed by atoms with Crippen LogP contribution < -0.4 is 10.1 Å². The minimum absolute atomic E-state index is 0.341. The Kier molecular flexibility index (Phi) is 4.68. The van der Waals surface area contributed by atoms with Crippen molar-refractivity contribution in [1.82, 2.24) is 10.3 Å². The molecule has 0 aliphatic heterocycles. The van der Waals surface area contributed by atoms with Gasteiger partial charge in [-0.2, -0.15) is 0 Å². The lowest BCUT2D eigenvalue weighted by molar-refractivity contribution is 0.200. The second-order valence-electron chi connectivity index (χ2n) is 5.02. The number of nitrogens with one attached hydrogen (secondary N) is 1. The van der Waals surface area contributed by atoms with Crippen LogP contribution in [-0.2, 0) is 6.54 Å². The van der Waals surface area contributed by atoms with E-state index in [1.807, 2.05) is 35.7 Å². The third-order valence-corrected chi connectivity index (χ3v) is 4.22. The van der Waals surface area contributed by atoms with E-state index < -0.39 is 6.09 Å². The summed E-state index contributed by atoms with van der Waals surface area (Å²) in [7, 11) is 0. The second kappa shape index (κ2) is 7.07. The van der Waals surface area contributed by atoms with Crippen molar-refractivity contribution in [1.29, 1.82) is 0 Å². The molecule has 0 aliphatic rings. The molecule has 3 aromatic rings. The van der Waals surface area contributed by atoms with Gasteiger partial charge in [-0.1, -0.05) is 42.5 Å². The first-order chi connectivity index (χ1) is 11.2. The Morgan fingerprint density at radius 1 is 1.13 bits per heavy atom. The molecule has 0 unspecified atom stereocenters. The Balaban J connectivity index is 1.59. The SMILES string of the molecule is Cc1ccccc1-c1nc(CNC(=O)Oc2ccccc2)cs1. The van der Waals surface area contributed by atoms with Gasteiger partial charge in [0.2, 0.25) is 0 Å². The van der Waals surface area contributed by atoms with E-state index in [0.717, 1.165) is 16.3 Å². The normalized spacial score (nSPS) is 10.3. The number of aromatic nitrogens is 1. The number of nitrogens with zero attached hydrogens (tertiary/aromatic N) is 1. The smallest absolute Gasteiger partial charge is 0.410 e. The number of para-hydroxylation sites is 1. The Morgan fingerprint density at radius 2 is 1.87 bits per heavy atom. The monoisotopic (exact) mass is 324 g/mol. The van der Waals surface area contributed by atoms with Crippen LogP contribution in [-0.4, -0.2) is 11.1 Å². The predicted octanol–water partition coefficient (Wildman–Crippen LogP) is 4.41. The van der Waals surface area contributed by atoms with Gasteiger partial charge in [0.25, 0.3) is 0 Å². The molecule has 1 N–H and O–H groups in total. The molecule has 0 radical (unpaired) electrons. The summed E-state index contributed by atoms with van der Waals surface area (Å²) in [4.78, 5) is 16.3. The van der Waals surface area contributed by atoms with Crippen LogP contribution in [0.15, 0.2) is 60.0 Å². The van der Waals surface area contributed by atoms with E-state index in [1.165, 1.54) is 5.56 Å². The van der Waals surface area contributed by atoms with Crippen LogP contribution in [0.5, 0.6) is 5.75 Å². The molecule has 0 saturated heterocycles. The summed E-state index contributed by atoms with van der Waals surface area (Å²) in [6, 6.07) is 17.1. The average Bonchev–Trinajstić information content (AvgIpc) is 3.03. The molecule has 0 saturated carbocycles. The van der Waals surface area contributed by atoms with E-state index in [-0.39, 0.29) is 0 Å². The molecular weight excluding hydrogens is 308 g/mol. The molecule has 1 heterocycles. The number of rotatable bonds is 4. The first-order valence-corrected chi connectivity index (χ1v) is 8.11. The first kappa shape index (κ1) is 15.2. The van der Waals surface area contributed by atoms with Crippen LogP contribution in [0.2, 0.25) is 0 Å². The molecule has 0 spiro atoms. The Labute approximate surface area is 138 Å². The third kappa shape index (κ3) is 3.96. The van der Waals surface area contributed by atoms with Gasteiger partial charge in [0.05, 0.1) is 12.2 Å². The molecular formula is C18H16N2O2S. The number of ether oxygens (including phenoxy) is 1. The molecule has 3 rings (SSSR count). The molecule has 1 amide bonds. The fourth-order valence-electron chi connectivity index (χ4n) is 2.12. The first-order valence-electron chi connectivity index (χ1n) is 7.23. The van der Waals surface area contributed by atoms with Crippen LogP contribution in [0.25, 0.3) is 10.6 Å². The van der Waals surface area contributed by atoms with E-state index >= 15 is 0 Å². The van der Waals surface area contributed by atoms with Crippen LogP contribution in [0.1, 0.15) is 11.3 Å². The zero-order valence-corrected chi connectivity index (χ0v) is 13.5. The highest BCUT2D eigenvalue weighted by Crippen LogP contribution is 2.26. The molecule has 1 aromatic heterocycles. The second-order valence-corrected chi connectivity index (χ2v) is 5.87. The summed E-state index contributed by atoms with van der Waals surface area (Å²) in [6.45, 7) is 2.40. The van der Waals surface area contributed by atoms with E-state index in [4.69, 9.17) is 4.74 Å². The predicted molar refractivity (Wildman–Crippen MR) is 91.6 cm³/mol. The van der Waals surface area contributed by atoms with Crippen molar-refractivity contribution in [2.24, 2.45) is 0 Å². The minimum Gasteiger partial charge on any atom is -0.410 e. The number of hydrogen-bond acceptors (Lipinski definition) is 4. The topological polar surface area (TPSA) is 51.2 Å². The maximum Gasteiger partial charge on any atom is 0.412 e. The van der Waals surface area contributed by atoms with Gasteiger partial charge in [-0.3, -0.25) is 0 Å². The quantitative estimate of drug-likeness (QED) is 0.773. The summed E-state index contributed by atoms with van der Waals surface area (Å²) in [5.74, 6) is 0.517. The van der Waals surface area contributed by atoms with Crippen molar-refractivity contribution in [3.63, 3.8) is 0 Å². The Hall–Kier alpha value is -2.66. The van der Waals surface area contributed by atoms with E-state index in [2.05, 4.69) is 29.4 Å². The van der Waals surface area contributed by atoms with Gasteiger partial charge in [-0.15, -0.1) is 11.3 Å². The molecule has 0 aliphatic carbocycles. The Bertz CT molecular complexity index is 800. The van der Waals surface area contributed by atoms with Gasteiger partial charge in [0.15, 0.2) is 0 Å². The van der Waals surface area contributed by atoms with Gasteiger partial charge in [-0.25, -0.2) is 9.78 Å². The fraction of sp³-hybridized carbons (Fsp3) is 0.111. The van der Waals surface area contributed by atoms with Crippen LogP contribution in [0.3, 0.4) is 0 Å². The maximum atomic E-state index is 11.8. The molecule has 5 heteroatoms. The molecule has 0 fully saturated rings. The summed E-state index contributed by atoms with van der Waals surface area (Å²) >= 11 is 1.57. The van der Waals surface area contributed by atoms with Gasteiger partial charge in [0, 0.05) is 10.9 Å². The fourth-order valence-corrected chi connectivity index (χ4v) is 3.03. The van der Waals surface area contributed by atoms with Gasteiger partial charge in [-0.05, 0) is 24.6 Å². The number of carbonyl (C=O) groups is 1. The third-order valence-electron chi connectivity index (χ3n) is 3.29. The van der Waals surface area contributed by atoms with E-state index in [1.54, 1.807) is 23.5 Å². The lowest BCUT2D eigenvalue weighted by Gasteiger charge is -2.05. The van der Waals surface area contributed by atoms with Crippen molar-refractivity contribution < 1.29 is 9.53 Å². The highest BCUT2D eigenvalue weighted by molar-refractivity contribution is 7.13. The lowest BCUT2D eigenvalue weighted by atomic mass is 10.1. The van der Waals surface area contributed by atoms with Crippen LogP contribution >= 0.6 is 11.3 Å². The number of benzene rings is 2. The van der Waals surface area contributed by atoms with Gasteiger partial charge < -0.3 is 10.1 Å². The van der Waals surface area contributed by atoms with Gasteiger partial charge in [0.1, 0.15) is 10.8 Å². The zero-order valence-electron chi connectivity index (χ0n) is 12.7. The zero-order chi connectivity index (χ0) is 16.1. The molecule has 0 atom stereocenters. The van der Waals surface area contributed by atoms with Gasteiger partial charge >= 0.3 is 6.09 Å². The summed E-state index contributed by atoms with van der Waals surface area (Å²) in [5.41, 5.74) is 3.12. The summed E-state index contributed by atoms with van der Waals surface area (Å²) < 4.78 is 5.17. The van der Waals surface area contributed by atoms with Crippen LogP contribution in [0.4, 0.5) is 4.79 Å². The minimum atomic E-state index is -0.485. The van der Waals surface area contributed by atoms with Crippen molar-refractivity contribution in [3.05, 3.63) is 71.2 Å². The highest BCUT2D eigenvalue weighted by Gasteiger charge is 2.09. The molecule has 23 heavy (non-hydrogen) atoms. The molecule has 4 nitrogen and oxygen atoms in total. The number of thiazole rings is 1. The number of carbonyl (C=O) groups excluding carboxylic acids is 1. The highest BCUT2D eigenvalue weighted by atomic mass is 32.1. The van der Waals surface area contributed by atoms with Crippen molar-refractivity contribution >= 4 is 17.4 Å². The summed E-state index contributed by atoms with van der Waals surface area (Å²) in [6.07, 6.45) is -0.485. The molecule has 116 valence electrons. The van der Waals surface area contributed by atoms with E-state index in [0.29, 0.717) is 12.3 Å². The number of hydrogen-bond donors (Lipinski definition) is 1. The van der Waals surface area contributed by atoms with Crippen molar-refractivity contribution in [2.45, 2.75) is 13.5 Å². The van der Waals surface area contributed by atoms with Crippen molar-refractivity contribution in [2.75, 3.05) is 0 Å². The largest absolute Gasteiger partial charge is 0.412 e. The maximum absolute atomic E-state index is 11.8. The Morgan fingerprint density at radius 3 is 2.65 bits per heavy atom. The van der Waals surface area contributed by atoms with Crippen molar-refractivity contribution in [3.8, 4) is 16.3 Å². The standard InChI is InChI=1S/C18H16N2O2S/c1-13-7-5-6-10-16(13)17-20-14(12-23-17)11-19-18(21)22-15-8-3-2-4-9-15/h2-10,12H,11H2,1H3,(H,19,21). The average molecular weight is 324 g/mol. The van der Waals surface area contributed by atoms with Crippen LogP contribution in [0, 0.1) is 6.92 Å². The number of aryl methyl sites for hydroxylation is 1. The summed E-state index contributed by atoms with van der Waals surface area (Å²) in [5, 5.41) is 5.61. The lowest BCUT2D eigenvalue weighted by Crippen LogP contribution is -2.26.